The molecule has 132 valence electrons. The molecule has 2 rings (SSSR count). The summed E-state index contributed by atoms with van der Waals surface area (Å²) in [7, 11) is 0. The van der Waals surface area contributed by atoms with Crippen LogP contribution in [0.25, 0.3) is 0 Å². The Balaban J connectivity index is 1.90. The first-order valence-electron chi connectivity index (χ1n) is 7.64. The van der Waals surface area contributed by atoms with Crippen LogP contribution >= 0.6 is 22.9 Å². The highest BCUT2D eigenvalue weighted by Gasteiger charge is 2.18. The van der Waals surface area contributed by atoms with Crippen molar-refractivity contribution in [2.24, 2.45) is 0 Å². The number of aromatic nitrogens is 1. The van der Waals surface area contributed by atoms with Crippen molar-refractivity contribution in [3.8, 4) is 0 Å². The van der Waals surface area contributed by atoms with Gasteiger partial charge in [-0.05, 0) is 38.1 Å². The lowest BCUT2D eigenvalue weighted by molar-refractivity contribution is -0.116. The number of esters is 1. The van der Waals surface area contributed by atoms with Gasteiger partial charge in [0.25, 0.3) is 0 Å². The van der Waals surface area contributed by atoms with Crippen LogP contribution in [-0.4, -0.2) is 29.3 Å². The lowest BCUT2D eigenvalue weighted by Crippen LogP contribution is -2.13. The van der Waals surface area contributed by atoms with Crippen LogP contribution in [0.5, 0.6) is 0 Å². The van der Waals surface area contributed by atoms with Crippen LogP contribution in [0.2, 0.25) is 5.02 Å². The zero-order valence-corrected chi connectivity index (χ0v) is 15.4. The van der Waals surface area contributed by atoms with Gasteiger partial charge in [0.05, 0.1) is 12.3 Å². The van der Waals surface area contributed by atoms with Gasteiger partial charge in [0.1, 0.15) is 4.88 Å². The molecule has 1 aromatic carbocycles. The number of halogens is 1. The standard InChI is InChI=1S/C17H17ClN2O4S/c1-3-24-16(23)15-10(2)19-17(25-15)20-14(22)9-8-13(21)11-4-6-12(18)7-5-11/h4-7H,3,8-9H2,1-2H3,(H,19,20,22). The smallest absolute Gasteiger partial charge is 0.350 e. The monoisotopic (exact) mass is 380 g/mol. The summed E-state index contributed by atoms with van der Waals surface area (Å²) in [6.45, 7) is 3.65. The van der Waals surface area contributed by atoms with Gasteiger partial charge in [-0.15, -0.1) is 0 Å². The van der Waals surface area contributed by atoms with Crippen molar-refractivity contribution in [3.05, 3.63) is 45.4 Å². The van der Waals surface area contributed by atoms with Gasteiger partial charge in [-0.2, -0.15) is 0 Å². The Kier molecular flexibility index (Phi) is 6.66. The van der Waals surface area contributed by atoms with Crippen LogP contribution in [0.1, 0.15) is 45.5 Å². The fraction of sp³-hybridized carbons (Fsp3) is 0.294. The number of nitrogens with one attached hydrogen (secondary N) is 1. The van der Waals surface area contributed by atoms with Crippen molar-refractivity contribution in [2.45, 2.75) is 26.7 Å². The molecule has 0 saturated heterocycles. The molecule has 6 nitrogen and oxygen atoms in total. The van der Waals surface area contributed by atoms with E-state index in [0.717, 1.165) is 11.3 Å². The van der Waals surface area contributed by atoms with Gasteiger partial charge in [0.2, 0.25) is 5.91 Å². The topological polar surface area (TPSA) is 85.4 Å². The van der Waals surface area contributed by atoms with Crippen LogP contribution < -0.4 is 5.32 Å². The number of hydrogen-bond donors (Lipinski definition) is 1. The summed E-state index contributed by atoms with van der Waals surface area (Å²) in [5.41, 5.74) is 1.00. The molecule has 0 bridgehead atoms. The van der Waals surface area contributed by atoms with Crippen LogP contribution in [0.3, 0.4) is 0 Å². The molecule has 8 heteroatoms. The van der Waals surface area contributed by atoms with Crippen LogP contribution in [0.15, 0.2) is 24.3 Å². The summed E-state index contributed by atoms with van der Waals surface area (Å²) in [6.07, 6.45) is 0.0946. The summed E-state index contributed by atoms with van der Waals surface area (Å²) in [5.74, 6) is -0.947. The van der Waals surface area contributed by atoms with Gasteiger partial charge in [0, 0.05) is 23.4 Å². The van der Waals surface area contributed by atoms with Crippen LogP contribution in [0, 0.1) is 6.92 Å². The van der Waals surface area contributed by atoms with Gasteiger partial charge in [-0.1, -0.05) is 22.9 Å². The van der Waals surface area contributed by atoms with Gasteiger partial charge in [-0.3, -0.25) is 9.59 Å². The molecule has 0 aliphatic heterocycles. The van der Waals surface area contributed by atoms with E-state index < -0.39 is 5.97 Å². The minimum Gasteiger partial charge on any atom is -0.462 e. The number of benzene rings is 1. The summed E-state index contributed by atoms with van der Waals surface area (Å²) in [5, 5.41) is 3.46. The molecular formula is C17H17ClN2O4S. The van der Waals surface area contributed by atoms with Crippen molar-refractivity contribution in [1.82, 2.24) is 4.98 Å². The third-order valence-electron chi connectivity index (χ3n) is 3.25. The van der Waals surface area contributed by atoms with Crippen LogP contribution in [0.4, 0.5) is 5.13 Å². The van der Waals surface area contributed by atoms with Gasteiger partial charge >= 0.3 is 5.97 Å². The molecular weight excluding hydrogens is 364 g/mol. The summed E-state index contributed by atoms with van der Waals surface area (Å²) < 4.78 is 4.93. The fourth-order valence-corrected chi connectivity index (χ4v) is 3.03. The molecule has 25 heavy (non-hydrogen) atoms. The number of carbonyl (C=O) groups excluding carboxylic acids is 3. The minimum absolute atomic E-state index is 0.0226. The van der Waals surface area contributed by atoms with Crippen molar-refractivity contribution >= 4 is 45.7 Å². The highest BCUT2D eigenvalue weighted by Crippen LogP contribution is 2.23. The third kappa shape index (κ3) is 5.37. The Morgan fingerprint density at radius 2 is 1.88 bits per heavy atom. The molecule has 1 amide bonds. The summed E-state index contributed by atoms with van der Waals surface area (Å²) >= 11 is 6.83. The molecule has 0 fully saturated rings. The number of ketones is 1. The lowest BCUT2D eigenvalue weighted by Gasteiger charge is -2.02. The molecule has 1 N–H and O–H groups in total. The van der Waals surface area contributed by atoms with Crippen molar-refractivity contribution in [1.29, 1.82) is 0 Å². The number of amides is 1. The highest BCUT2D eigenvalue weighted by atomic mass is 35.5. The van der Waals surface area contributed by atoms with Gasteiger partial charge in [0.15, 0.2) is 10.9 Å². The number of carbonyl (C=O) groups is 3. The number of anilines is 1. The Bertz CT molecular complexity index is 786. The molecule has 0 aliphatic carbocycles. The largest absolute Gasteiger partial charge is 0.462 e. The van der Waals surface area contributed by atoms with Crippen LogP contribution in [-0.2, 0) is 9.53 Å². The number of aryl methyl sites for hydroxylation is 1. The van der Waals surface area contributed by atoms with E-state index in [9.17, 15) is 14.4 Å². The first kappa shape index (κ1) is 19.1. The summed E-state index contributed by atoms with van der Waals surface area (Å²) in [4.78, 5) is 40.3. The zero-order valence-electron chi connectivity index (χ0n) is 13.8. The summed E-state index contributed by atoms with van der Waals surface area (Å²) in [6, 6.07) is 6.50. The molecule has 0 spiro atoms. The average Bonchev–Trinajstić information content (AvgIpc) is 2.94. The molecule has 0 radical (unpaired) electrons. The highest BCUT2D eigenvalue weighted by molar-refractivity contribution is 7.17. The predicted octanol–water partition coefficient (Wildman–Crippen LogP) is 3.88. The van der Waals surface area contributed by atoms with Gasteiger partial charge in [-0.25, -0.2) is 9.78 Å². The fourth-order valence-electron chi connectivity index (χ4n) is 2.02. The normalized spacial score (nSPS) is 10.4. The number of Topliss-reactive ketones (excluding diaryl/α,β-unsaturated/α-hetero) is 1. The number of rotatable bonds is 7. The minimum atomic E-state index is -0.462. The maximum atomic E-state index is 12.0. The third-order valence-corrected chi connectivity index (χ3v) is 4.55. The first-order valence-corrected chi connectivity index (χ1v) is 8.83. The van der Waals surface area contributed by atoms with E-state index in [0.29, 0.717) is 26.3 Å². The second-order valence-corrected chi connectivity index (χ2v) is 6.57. The van der Waals surface area contributed by atoms with E-state index in [4.69, 9.17) is 16.3 Å². The second-order valence-electron chi connectivity index (χ2n) is 5.13. The molecule has 1 heterocycles. The van der Waals surface area contributed by atoms with E-state index in [1.165, 1.54) is 0 Å². The molecule has 0 unspecified atom stereocenters. The van der Waals surface area contributed by atoms with E-state index in [-0.39, 0.29) is 31.1 Å². The van der Waals surface area contributed by atoms with Crippen molar-refractivity contribution in [2.75, 3.05) is 11.9 Å². The molecule has 2 aromatic rings. The van der Waals surface area contributed by atoms with E-state index in [1.54, 1.807) is 38.1 Å². The Labute approximate surface area is 154 Å². The quantitative estimate of drug-likeness (QED) is 0.581. The average molecular weight is 381 g/mol. The zero-order chi connectivity index (χ0) is 18.4. The maximum Gasteiger partial charge on any atom is 0.350 e. The number of nitrogens with zero attached hydrogens (tertiary/aromatic N) is 1. The Morgan fingerprint density at radius 3 is 2.52 bits per heavy atom. The van der Waals surface area contributed by atoms with Crippen molar-refractivity contribution < 1.29 is 19.1 Å². The second kappa shape index (κ2) is 8.73. The Morgan fingerprint density at radius 1 is 1.20 bits per heavy atom. The number of ether oxygens (including phenoxy) is 1. The lowest BCUT2D eigenvalue weighted by atomic mass is 10.1. The number of thiazole rings is 1. The Hall–Kier alpha value is -2.25. The molecule has 0 saturated carbocycles. The van der Waals surface area contributed by atoms with Gasteiger partial charge < -0.3 is 10.1 Å². The van der Waals surface area contributed by atoms with E-state index >= 15 is 0 Å². The first-order chi connectivity index (χ1) is 11.9. The number of hydrogen-bond acceptors (Lipinski definition) is 6. The SMILES string of the molecule is CCOC(=O)c1sc(NC(=O)CCC(=O)c2ccc(Cl)cc2)nc1C. The molecule has 0 aliphatic rings. The molecule has 0 atom stereocenters. The molecule has 1 aromatic heterocycles. The van der Waals surface area contributed by atoms with Crippen molar-refractivity contribution in [3.63, 3.8) is 0 Å². The predicted molar refractivity (Wildman–Crippen MR) is 96.5 cm³/mol. The van der Waals surface area contributed by atoms with E-state index in [2.05, 4.69) is 10.3 Å². The maximum absolute atomic E-state index is 12.0. The van der Waals surface area contributed by atoms with E-state index in [1.807, 2.05) is 0 Å².